The van der Waals surface area contributed by atoms with Gasteiger partial charge in [-0.1, -0.05) is 49.2 Å². The summed E-state index contributed by atoms with van der Waals surface area (Å²) >= 11 is 0. The highest BCUT2D eigenvalue weighted by Gasteiger charge is 2.35. The second kappa shape index (κ2) is 13.2. The van der Waals surface area contributed by atoms with E-state index in [0.717, 1.165) is 52.5 Å². The number of nitriles is 1. The Hall–Kier alpha value is -4.89. The van der Waals surface area contributed by atoms with Crippen LogP contribution in [-0.2, 0) is 12.7 Å². The van der Waals surface area contributed by atoms with Gasteiger partial charge in [-0.15, -0.1) is 0 Å². The van der Waals surface area contributed by atoms with Gasteiger partial charge in [0.1, 0.15) is 24.6 Å². The molecule has 6 rings (SSSR count). The number of rotatable bonds is 6. The van der Waals surface area contributed by atoms with Crippen LogP contribution in [0.4, 0.5) is 18.0 Å². The number of carbonyl (C=O) groups excluding carboxylic acids is 1. The zero-order chi connectivity index (χ0) is 31.7. The third kappa shape index (κ3) is 6.28. The number of hydrogen-bond acceptors (Lipinski definition) is 3. The van der Waals surface area contributed by atoms with Crippen LogP contribution in [0.2, 0.25) is 0 Å². The molecule has 12 heteroatoms. The van der Waals surface area contributed by atoms with Crippen LogP contribution in [0, 0.1) is 18.3 Å². The number of nitrogens with one attached hydrogen (secondary N) is 1. The van der Waals surface area contributed by atoms with Crippen molar-refractivity contribution in [3.05, 3.63) is 124 Å². The minimum Gasteiger partial charge on any atom is -1.00 e. The second-order valence-corrected chi connectivity index (χ2v) is 11.1. The predicted molar refractivity (Wildman–Crippen MR) is 161 cm³/mol. The van der Waals surface area contributed by atoms with Crippen molar-refractivity contribution in [3.63, 3.8) is 0 Å². The summed E-state index contributed by atoms with van der Waals surface area (Å²) in [5.41, 5.74) is 0.913. The number of amides is 1. The smallest absolute Gasteiger partial charge is 0.416 e. The fourth-order valence-corrected chi connectivity index (χ4v) is 5.98. The minimum atomic E-state index is -4.62. The van der Waals surface area contributed by atoms with Crippen LogP contribution in [0.3, 0.4) is 0 Å². The average molecular weight is 692 g/mol. The first-order valence-electron chi connectivity index (χ1n) is 14.6. The van der Waals surface area contributed by atoms with Gasteiger partial charge in [0.05, 0.1) is 28.6 Å². The lowest BCUT2D eigenvalue weighted by Gasteiger charge is -2.13. The second-order valence-electron chi connectivity index (χ2n) is 11.1. The van der Waals surface area contributed by atoms with Gasteiger partial charge in [-0.2, -0.15) is 23.0 Å². The summed E-state index contributed by atoms with van der Waals surface area (Å²) < 4.78 is 47.0. The van der Waals surface area contributed by atoms with Gasteiger partial charge in [0.25, 0.3) is 0 Å². The molecule has 0 bridgehead atoms. The molecule has 8 nitrogen and oxygen atoms in total. The van der Waals surface area contributed by atoms with Crippen LogP contribution in [0.1, 0.15) is 48.1 Å². The minimum absolute atomic E-state index is 0. The average Bonchev–Trinajstić information content (AvgIpc) is 3.75. The van der Waals surface area contributed by atoms with E-state index in [1.54, 1.807) is 37.4 Å². The molecule has 0 aliphatic heterocycles. The highest BCUT2D eigenvalue weighted by Crippen LogP contribution is 2.32. The molecular formula is C34H30BrF3N6O2. The number of halogens is 4. The van der Waals surface area contributed by atoms with Crippen molar-refractivity contribution >= 4 is 6.03 Å². The monoisotopic (exact) mass is 690 g/mol. The summed E-state index contributed by atoms with van der Waals surface area (Å²) in [4.78, 5) is 28.2. The molecule has 0 atom stereocenters. The highest BCUT2D eigenvalue weighted by atomic mass is 79.9. The van der Waals surface area contributed by atoms with Gasteiger partial charge in [0.15, 0.2) is 5.69 Å². The van der Waals surface area contributed by atoms with Crippen LogP contribution in [0.15, 0.2) is 96.1 Å². The van der Waals surface area contributed by atoms with Gasteiger partial charge in [0.2, 0.25) is 0 Å². The van der Waals surface area contributed by atoms with Crippen LogP contribution >= 0.6 is 0 Å². The molecule has 1 aliphatic carbocycles. The summed E-state index contributed by atoms with van der Waals surface area (Å²) in [5, 5.41) is 12.3. The molecule has 0 unspecified atom stereocenters. The molecule has 236 valence electrons. The van der Waals surface area contributed by atoms with Crippen LogP contribution in [0.25, 0.3) is 22.9 Å². The molecule has 46 heavy (non-hydrogen) atoms. The van der Waals surface area contributed by atoms with E-state index in [4.69, 9.17) is 0 Å². The molecule has 0 radical (unpaired) electrons. The van der Waals surface area contributed by atoms with Crippen molar-refractivity contribution in [2.24, 2.45) is 0 Å². The zero-order valence-corrected chi connectivity index (χ0v) is 26.4. The molecule has 0 spiro atoms. The molecule has 1 fully saturated rings. The van der Waals surface area contributed by atoms with Gasteiger partial charge in [-0.25, -0.2) is 18.7 Å². The number of alkyl halides is 3. The molecule has 2 heterocycles. The number of aromatic nitrogens is 4. The molecule has 5 aromatic rings. The number of benzene rings is 3. The maximum absolute atomic E-state index is 14.2. The Morgan fingerprint density at radius 3 is 2.35 bits per heavy atom. The predicted octanol–water partition coefficient (Wildman–Crippen LogP) is 3.14. The summed E-state index contributed by atoms with van der Waals surface area (Å²) in [6, 6.07) is 22.4. The van der Waals surface area contributed by atoms with Crippen molar-refractivity contribution in [2.75, 3.05) is 0 Å². The van der Waals surface area contributed by atoms with E-state index in [-0.39, 0.29) is 40.1 Å². The first-order chi connectivity index (χ1) is 21.7. The summed E-state index contributed by atoms with van der Waals surface area (Å²) in [7, 11) is 0. The van der Waals surface area contributed by atoms with Crippen LogP contribution in [0.5, 0.6) is 0 Å². The van der Waals surface area contributed by atoms with E-state index in [2.05, 4.69) is 11.4 Å². The van der Waals surface area contributed by atoms with Crippen molar-refractivity contribution in [1.29, 1.82) is 5.26 Å². The Labute approximate surface area is 273 Å². The molecule has 1 saturated carbocycles. The molecular weight excluding hydrogens is 661 g/mol. The van der Waals surface area contributed by atoms with Crippen molar-refractivity contribution < 1.29 is 39.5 Å². The molecule has 1 amide bonds. The Morgan fingerprint density at radius 1 is 1.00 bits per heavy atom. The maximum Gasteiger partial charge on any atom is 0.416 e. The topological polar surface area (TPSA) is 88.6 Å². The Morgan fingerprint density at radius 2 is 1.70 bits per heavy atom. The highest BCUT2D eigenvalue weighted by molar-refractivity contribution is 5.82. The zero-order valence-electron chi connectivity index (χ0n) is 24.8. The molecule has 1 N–H and O–H groups in total. The number of carbonyl (C=O) groups is 1. The summed E-state index contributed by atoms with van der Waals surface area (Å²) in [6.07, 6.45) is 2.46. The van der Waals surface area contributed by atoms with Gasteiger partial charge < -0.3 is 22.3 Å². The van der Waals surface area contributed by atoms with E-state index < -0.39 is 23.5 Å². The van der Waals surface area contributed by atoms with Crippen molar-refractivity contribution in [3.8, 4) is 29.0 Å². The lowest BCUT2D eigenvalue weighted by molar-refractivity contribution is -0.676. The van der Waals surface area contributed by atoms with Crippen LogP contribution < -0.4 is 32.6 Å². The van der Waals surface area contributed by atoms with E-state index in [9.17, 15) is 28.0 Å². The van der Waals surface area contributed by atoms with E-state index in [1.165, 1.54) is 12.1 Å². The number of hydrogen-bond donors (Lipinski definition) is 1. The SMILES string of the molecule is Cc1c(-c2n(-c3ccc(C#N)cc3)cc[n+]2Cc2ccccc2)n(C(=O)NC2CCCC2)c(=O)n1-c1cccc(C(F)(F)F)c1.[Br-]. The van der Waals surface area contributed by atoms with E-state index in [0.29, 0.717) is 23.6 Å². The molecule has 0 saturated heterocycles. The van der Waals surface area contributed by atoms with Crippen LogP contribution in [-0.4, -0.2) is 25.8 Å². The molecule has 3 aromatic carbocycles. The lowest BCUT2D eigenvalue weighted by atomic mass is 10.2. The largest absolute Gasteiger partial charge is 1.00 e. The number of nitrogens with zero attached hydrogens (tertiary/aromatic N) is 5. The maximum atomic E-state index is 14.2. The van der Waals surface area contributed by atoms with E-state index >= 15 is 0 Å². The van der Waals surface area contributed by atoms with Gasteiger partial charge in [0, 0.05) is 6.04 Å². The first kappa shape index (κ1) is 32.5. The summed E-state index contributed by atoms with van der Waals surface area (Å²) in [6.45, 7) is 2.01. The van der Waals surface area contributed by atoms with E-state index in [1.807, 2.05) is 45.7 Å². The van der Waals surface area contributed by atoms with Gasteiger partial charge in [-0.3, -0.25) is 4.57 Å². The Kier molecular flexibility index (Phi) is 9.34. The number of imidazole rings is 2. The Balaban J connectivity index is 0.00000417. The van der Waals surface area contributed by atoms with Gasteiger partial charge in [-0.05, 0) is 67.8 Å². The Bertz CT molecular complexity index is 1970. The third-order valence-corrected chi connectivity index (χ3v) is 8.18. The standard InChI is InChI=1S/C34H29F3N6O2.BrH/c1-23-30(31-40(22-25-8-3-2-4-9-25)18-19-41(31)28-16-14-24(21-38)15-17-28)43(32(44)39-27-11-5-6-12-27)33(45)42(23)29-13-7-10-26(20-29)34(35,36)37;/h2-4,7-10,13-20,27H,5-6,11-12,22H2,1H3;1H. The van der Waals surface area contributed by atoms with Crippen molar-refractivity contribution in [1.82, 2.24) is 19.0 Å². The normalized spacial score (nSPS) is 13.3. The summed E-state index contributed by atoms with van der Waals surface area (Å²) in [5.74, 6) is 0.463. The first-order valence-corrected chi connectivity index (χ1v) is 14.6. The fourth-order valence-electron chi connectivity index (χ4n) is 5.98. The lowest BCUT2D eigenvalue weighted by Crippen LogP contribution is -3.00. The molecule has 1 aliphatic rings. The molecule has 2 aromatic heterocycles. The van der Waals surface area contributed by atoms with Crippen molar-refractivity contribution in [2.45, 2.75) is 51.4 Å². The van der Waals surface area contributed by atoms with Gasteiger partial charge >= 0.3 is 23.7 Å². The quantitative estimate of drug-likeness (QED) is 0.278. The fraction of sp³-hybridized carbons (Fsp3) is 0.235. The third-order valence-electron chi connectivity index (χ3n) is 8.18.